The molecule has 1 amide bonds. The van der Waals surface area contributed by atoms with Crippen LogP contribution in [0, 0.1) is 17.3 Å². The standard InChI is InChI=1S/C18H34N2O2/c1-18(2,3)16-7-5-15(6-8-16)17(21)20-11-9-19(10-12-20)13-14-22-4/h15-16H,5-14H2,1-4H3. The Labute approximate surface area is 136 Å². The third kappa shape index (κ3) is 4.69. The average molecular weight is 310 g/mol. The Bertz CT molecular complexity index is 349. The Hall–Kier alpha value is -0.610. The molecule has 2 rings (SSSR count). The second-order valence-corrected chi connectivity index (χ2v) is 8.07. The highest BCUT2D eigenvalue weighted by Crippen LogP contribution is 2.40. The van der Waals surface area contributed by atoms with E-state index >= 15 is 0 Å². The van der Waals surface area contributed by atoms with E-state index in [1.54, 1.807) is 7.11 Å². The smallest absolute Gasteiger partial charge is 0.225 e. The van der Waals surface area contributed by atoms with Crippen LogP contribution in [-0.2, 0) is 9.53 Å². The maximum absolute atomic E-state index is 12.7. The molecule has 0 aromatic rings. The Morgan fingerprint density at radius 3 is 2.14 bits per heavy atom. The number of ether oxygens (including phenoxy) is 1. The molecule has 0 radical (unpaired) electrons. The van der Waals surface area contributed by atoms with E-state index < -0.39 is 0 Å². The van der Waals surface area contributed by atoms with Gasteiger partial charge in [0, 0.05) is 45.8 Å². The molecular weight excluding hydrogens is 276 g/mol. The fourth-order valence-electron chi connectivity index (χ4n) is 3.88. The van der Waals surface area contributed by atoms with Gasteiger partial charge in [-0.15, -0.1) is 0 Å². The van der Waals surface area contributed by atoms with Crippen molar-refractivity contribution >= 4 is 5.91 Å². The molecule has 0 unspecified atom stereocenters. The molecule has 2 aliphatic rings. The van der Waals surface area contributed by atoms with Crippen LogP contribution in [0.5, 0.6) is 0 Å². The molecule has 1 saturated heterocycles. The summed E-state index contributed by atoms with van der Waals surface area (Å²) in [6, 6.07) is 0. The highest BCUT2D eigenvalue weighted by Gasteiger charge is 2.34. The summed E-state index contributed by atoms with van der Waals surface area (Å²) < 4.78 is 5.13. The third-order valence-electron chi connectivity index (χ3n) is 5.60. The number of carbonyl (C=O) groups is 1. The van der Waals surface area contributed by atoms with Gasteiger partial charge in [0.25, 0.3) is 0 Å². The van der Waals surface area contributed by atoms with Crippen molar-refractivity contribution in [3.05, 3.63) is 0 Å². The topological polar surface area (TPSA) is 32.8 Å². The summed E-state index contributed by atoms with van der Waals surface area (Å²) in [6.45, 7) is 12.5. The van der Waals surface area contributed by atoms with Gasteiger partial charge in [0.1, 0.15) is 0 Å². The Morgan fingerprint density at radius 2 is 1.64 bits per heavy atom. The first-order chi connectivity index (χ1) is 10.4. The number of piperazine rings is 1. The lowest BCUT2D eigenvalue weighted by Crippen LogP contribution is -2.51. The van der Waals surface area contributed by atoms with Crippen LogP contribution in [0.25, 0.3) is 0 Å². The molecule has 0 N–H and O–H groups in total. The van der Waals surface area contributed by atoms with Gasteiger partial charge < -0.3 is 9.64 Å². The quantitative estimate of drug-likeness (QED) is 0.800. The zero-order chi connectivity index (χ0) is 16.2. The number of carbonyl (C=O) groups excluding carboxylic acids is 1. The molecule has 0 spiro atoms. The highest BCUT2D eigenvalue weighted by atomic mass is 16.5. The average Bonchev–Trinajstić information content (AvgIpc) is 2.52. The van der Waals surface area contributed by atoms with Crippen molar-refractivity contribution in [1.82, 2.24) is 9.80 Å². The van der Waals surface area contributed by atoms with Crippen molar-refractivity contribution in [3.8, 4) is 0 Å². The minimum atomic E-state index is 0.282. The molecule has 22 heavy (non-hydrogen) atoms. The van der Waals surface area contributed by atoms with Crippen LogP contribution in [0.1, 0.15) is 46.5 Å². The molecule has 1 heterocycles. The summed E-state index contributed by atoms with van der Waals surface area (Å²) in [6.07, 6.45) is 4.61. The summed E-state index contributed by atoms with van der Waals surface area (Å²) in [4.78, 5) is 17.2. The molecule has 4 heteroatoms. The zero-order valence-electron chi connectivity index (χ0n) is 14.9. The number of hydrogen-bond donors (Lipinski definition) is 0. The van der Waals surface area contributed by atoms with E-state index in [0.717, 1.165) is 58.1 Å². The Morgan fingerprint density at radius 1 is 1.05 bits per heavy atom. The fourth-order valence-corrected chi connectivity index (χ4v) is 3.88. The fraction of sp³-hybridized carbons (Fsp3) is 0.944. The van der Waals surface area contributed by atoms with Crippen molar-refractivity contribution in [2.45, 2.75) is 46.5 Å². The molecule has 0 bridgehead atoms. The molecule has 0 aromatic heterocycles. The van der Waals surface area contributed by atoms with Crippen LogP contribution in [0.4, 0.5) is 0 Å². The van der Waals surface area contributed by atoms with Gasteiger partial charge >= 0.3 is 0 Å². The number of hydrogen-bond acceptors (Lipinski definition) is 3. The molecule has 0 aromatic carbocycles. The zero-order valence-corrected chi connectivity index (χ0v) is 14.9. The van der Waals surface area contributed by atoms with Gasteiger partial charge in [-0.25, -0.2) is 0 Å². The summed E-state index contributed by atoms with van der Waals surface area (Å²) >= 11 is 0. The molecule has 1 saturated carbocycles. The molecule has 0 atom stereocenters. The van der Waals surface area contributed by atoms with Gasteiger partial charge in [-0.1, -0.05) is 20.8 Å². The minimum Gasteiger partial charge on any atom is -0.383 e. The van der Waals surface area contributed by atoms with Crippen molar-refractivity contribution < 1.29 is 9.53 Å². The summed E-state index contributed by atoms with van der Waals surface area (Å²) in [7, 11) is 1.74. The molecular formula is C18H34N2O2. The largest absolute Gasteiger partial charge is 0.383 e. The van der Waals surface area contributed by atoms with Crippen molar-refractivity contribution in [2.24, 2.45) is 17.3 Å². The van der Waals surface area contributed by atoms with E-state index in [4.69, 9.17) is 4.74 Å². The van der Waals surface area contributed by atoms with Crippen LogP contribution in [0.3, 0.4) is 0 Å². The van der Waals surface area contributed by atoms with E-state index in [9.17, 15) is 4.79 Å². The van der Waals surface area contributed by atoms with Crippen LogP contribution >= 0.6 is 0 Å². The number of nitrogens with zero attached hydrogens (tertiary/aromatic N) is 2. The Kier molecular flexibility index (Phi) is 6.27. The van der Waals surface area contributed by atoms with E-state index in [1.165, 1.54) is 12.8 Å². The predicted molar refractivity (Wildman–Crippen MR) is 89.8 cm³/mol. The maximum atomic E-state index is 12.7. The van der Waals surface area contributed by atoms with Gasteiger partial charge in [0.05, 0.1) is 6.61 Å². The highest BCUT2D eigenvalue weighted by molar-refractivity contribution is 5.79. The van der Waals surface area contributed by atoms with Crippen molar-refractivity contribution in [1.29, 1.82) is 0 Å². The number of rotatable bonds is 4. The molecule has 2 fully saturated rings. The number of amides is 1. The number of methoxy groups -OCH3 is 1. The second-order valence-electron chi connectivity index (χ2n) is 8.07. The first-order valence-corrected chi connectivity index (χ1v) is 8.92. The Balaban J connectivity index is 1.75. The monoisotopic (exact) mass is 310 g/mol. The van der Waals surface area contributed by atoms with Gasteiger partial charge in [0.2, 0.25) is 5.91 Å². The first-order valence-electron chi connectivity index (χ1n) is 8.92. The summed E-state index contributed by atoms with van der Waals surface area (Å²) in [5.74, 6) is 1.48. The molecule has 4 nitrogen and oxygen atoms in total. The van der Waals surface area contributed by atoms with Crippen LogP contribution < -0.4 is 0 Å². The van der Waals surface area contributed by atoms with Gasteiger partial charge in [-0.05, 0) is 37.0 Å². The lowest BCUT2D eigenvalue weighted by atomic mass is 9.69. The van der Waals surface area contributed by atoms with E-state index in [1.807, 2.05) is 0 Å². The van der Waals surface area contributed by atoms with Crippen LogP contribution in [0.15, 0.2) is 0 Å². The summed E-state index contributed by atoms with van der Waals surface area (Å²) in [5.41, 5.74) is 0.390. The predicted octanol–water partition coefficient (Wildman–Crippen LogP) is 2.63. The SMILES string of the molecule is COCCN1CCN(C(=O)C2CCC(C(C)(C)C)CC2)CC1. The van der Waals surface area contributed by atoms with Crippen molar-refractivity contribution in [3.63, 3.8) is 0 Å². The second kappa shape index (κ2) is 7.78. The minimum absolute atomic E-state index is 0.282. The molecule has 1 aliphatic heterocycles. The first kappa shape index (κ1) is 17.7. The maximum Gasteiger partial charge on any atom is 0.225 e. The lowest BCUT2D eigenvalue weighted by molar-refractivity contribution is -0.139. The van der Waals surface area contributed by atoms with Gasteiger partial charge in [-0.3, -0.25) is 9.69 Å². The van der Waals surface area contributed by atoms with Crippen LogP contribution in [-0.4, -0.2) is 62.1 Å². The van der Waals surface area contributed by atoms with E-state index in [-0.39, 0.29) is 5.92 Å². The molecule has 1 aliphatic carbocycles. The summed E-state index contributed by atoms with van der Waals surface area (Å²) in [5, 5.41) is 0. The lowest BCUT2D eigenvalue weighted by Gasteiger charge is -2.40. The van der Waals surface area contributed by atoms with Crippen molar-refractivity contribution in [2.75, 3.05) is 46.4 Å². The third-order valence-corrected chi connectivity index (χ3v) is 5.60. The van der Waals surface area contributed by atoms with Gasteiger partial charge in [0.15, 0.2) is 0 Å². The van der Waals surface area contributed by atoms with Gasteiger partial charge in [-0.2, -0.15) is 0 Å². The molecule has 128 valence electrons. The van der Waals surface area contributed by atoms with E-state index in [2.05, 4.69) is 30.6 Å². The normalized spacial score (nSPS) is 27.9. The van der Waals surface area contributed by atoms with Crippen LogP contribution in [0.2, 0.25) is 0 Å². The van der Waals surface area contributed by atoms with E-state index in [0.29, 0.717) is 11.3 Å².